The second-order valence-electron chi connectivity index (χ2n) is 3.37. The first-order valence-corrected chi connectivity index (χ1v) is 7.22. The van der Waals surface area contributed by atoms with Gasteiger partial charge in [-0.3, -0.25) is 0 Å². The number of hydrogen-bond acceptors (Lipinski definition) is 6. The molecule has 1 aromatic heterocycles. The molecule has 1 N–H and O–H groups in total. The molecule has 94 valence electrons. The van der Waals surface area contributed by atoms with Crippen molar-refractivity contribution in [2.75, 3.05) is 18.7 Å². The summed E-state index contributed by atoms with van der Waals surface area (Å²) in [7, 11) is 1.36. The van der Waals surface area contributed by atoms with E-state index in [0.29, 0.717) is 10.0 Å². The molecule has 0 saturated heterocycles. The molecule has 0 aliphatic heterocycles. The molecule has 0 atom stereocenters. The van der Waals surface area contributed by atoms with Crippen LogP contribution >= 0.6 is 23.1 Å². The summed E-state index contributed by atoms with van der Waals surface area (Å²) in [6.07, 6.45) is 3.54. The van der Waals surface area contributed by atoms with Crippen LogP contribution in [0.1, 0.15) is 9.67 Å². The number of benzene rings is 1. The number of thiazole rings is 1. The maximum absolute atomic E-state index is 11.3. The van der Waals surface area contributed by atoms with Crippen molar-refractivity contribution < 1.29 is 9.53 Å². The van der Waals surface area contributed by atoms with Gasteiger partial charge in [-0.1, -0.05) is 11.3 Å². The first-order valence-electron chi connectivity index (χ1n) is 5.18. The van der Waals surface area contributed by atoms with Crippen LogP contribution in [0.2, 0.25) is 0 Å². The molecule has 0 bridgehead atoms. The van der Waals surface area contributed by atoms with E-state index in [9.17, 15) is 4.79 Å². The molecule has 0 saturated carbocycles. The fourth-order valence-corrected chi connectivity index (χ4v) is 2.49. The normalized spacial score (nSPS) is 10.1. The van der Waals surface area contributed by atoms with Crippen LogP contribution in [0, 0.1) is 0 Å². The molecule has 1 heterocycles. The van der Waals surface area contributed by atoms with E-state index >= 15 is 0 Å². The van der Waals surface area contributed by atoms with E-state index in [4.69, 9.17) is 0 Å². The third-order valence-corrected chi connectivity index (χ3v) is 3.87. The van der Waals surface area contributed by atoms with Gasteiger partial charge in [0.2, 0.25) is 0 Å². The Balaban J connectivity index is 2.08. The van der Waals surface area contributed by atoms with Crippen molar-refractivity contribution in [2.45, 2.75) is 4.90 Å². The number of esters is 1. The highest BCUT2D eigenvalue weighted by Gasteiger charge is 2.10. The zero-order chi connectivity index (χ0) is 13.0. The van der Waals surface area contributed by atoms with E-state index in [1.165, 1.54) is 29.5 Å². The third-order valence-electron chi connectivity index (χ3n) is 2.23. The summed E-state index contributed by atoms with van der Waals surface area (Å²) in [6, 6.07) is 8.01. The largest absolute Gasteiger partial charge is 0.465 e. The van der Waals surface area contributed by atoms with Gasteiger partial charge in [0, 0.05) is 10.6 Å². The summed E-state index contributed by atoms with van der Waals surface area (Å²) in [5.41, 5.74) is 0.943. The SMILES string of the molecule is COC(=O)c1cnc(Nc2ccc(SC)cc2)s1. The van der Waals surface area contributed by atoms with Crippen molar-refractivity contribution in [3.63, 3.8) is 0 Å². The maximum atomic E-state index is 11.3. The highest BCUT2D eigenvalue weighted by molar-refractivity contribution is 7.98. The van der Waals surface area contributed by atoms with Crippen LogP contribution in [-0.4, -0.2) is 24.3 Å². The summed E-state index contributed by atoms with van der Waals surface area (Å²) in [5, 5.41) is 3.82. The number of nitrogens with one attached hydrogen (secondary N) is 1. The van der Waals surface area contributed by atoms with Gasteiger partial charge in [-0.25, -0.2) is 9.78 Å². The Hall–Kier alpha value is -1.53. The van der Waals surface area contributed by atoms with E-state index in [2.05, 4.69) is 15.0 Å². The van der Waals surface area contributed by atoms with Crippen LogP contribution in [0.15, 0.2) is 35.4 Å². The Kier molecular flexibility index (Phi) is 4.22. The van der Waals surface area contributed by atoms with Gasteiger partial charge in [-0.05, 0) is 30.5 Å². The molecular weight excluding hydrogens is 268 g/mol. The standard InChI is InChI=1S/C12H12N2O2S2/c1-16-11(15)10-7-13-12(18-10)14-8-3-5-9(17-2)6-4-8/h3-7H,1-2H3,(H,13,14). The van der Waals surface area contributed by atoms with Gasteiger partial charge in [-0.2, -0.15) is 0 Å². The van der Waals surface area contributed by atoms with Crippen molar-refractivity contribution in [2.24, 2.45) is 0 Å². The Labute approximate surface area is 113 Å². The first-order chi connectivity index (χ1) is 8.72. The minimum atomic E-state index is -0.363. The van der Waals surface area contributed by atoms with Crippen LogP contribution in [0.25, 0.3) is 0 Å². The van der Waals surface area contributed by atoms with Gasteiger partial charge < -0.3 is 10.1 Å². The Morgan fingerprint density at radius 3 is 2.72 bits per heavy atom. The second-order valence-corrected chi connectivity index (χ2v) is 5.29. The summed E-state index contributed by atoms with van der Waals surface area (Å²) in [5.74, 6) is -0.363. The van der Waals surface area contributed by atoms with Crippen LogP contribution in [0.5, 0.6) is 0 Å². The molecule has 18 heavy (non-hydrogen) atoms. The average Bonchev–Trinajstić information content (AvgIpc) is 2.87. The minimum Gasteiger partial charge on any atom is -0.465 e. The molecule has 0 aliphatic rings. The van der Waals surface area contributed by atoms with Crippen LogP contribution in [0.3, 0.4) is 0 Å². The fourth-order valence-electron chi connectivity index (χ4n) is 1.32. The van der Waals surface area contributed by atoms with Crippen LogP contribution in [-0.2, 0) is 4.74 Å². The second kappa shape index (κ2) is 5.88. The molecule has 0 amide bonds. The predicted molar refractivity (Wildman–Crippen MR) is 75.0 cm³/mol. The number of anilines is 2. The van der Waals surface area contributed by atoms with Crippen LogP contribution < -0.4 is 5.32 Å². The zero-order valence-electron chi connectivity index (χ0n) is 9.97. The molecule has 0 radical (unpaired) electrons. The van der Waals surface area contributed by atoms with E-state index in [0.717, 1.165) is 5.69 Å². The van der Waals surface area contributed by atoms with Gasteiger partial charge in [0.05, 0.1) is 13.3 Å². The number of nitrogens with zero attached hydrogens (tertiary/aromatic N) is 1. The summed E-state index contributed by atoms with van der Waals surface area (Å²) in [6.45, 7) is 0. The van der Waals surface area contributed by atoms with Crippen molar-refractivity contribution >= 4 is 39.9 Å². The highest BCUT2D eigenvalue weighted by Crippen LogP contribution is 2.24. The molecule has 2 aromatic rings. The Morgan fingerprint density at radius 2 is 2.11 bits per heavy atom. The molecule has 0 spiro atoms. The van der Waals surface area contributed by atoms with E-state index < -0.39 is 0 Å². The minimum absolute atomic E-state index is 0.363. The summed E-state index contributed by atoms with van der Waals surface area (Å²) >= 11 is 2.96. The Bertz CT molecular complexity index is 537. The summed E-state index contributed by atoms with van der Waals surface area (Å²) < 4.78 is 4.63. The van der Waals surface area contributed by atoms with Crippen LogP contribution in [0.4, 0.5) is 10.8 Å². The number of aromatic nitrogens is 1. The number of carbonyl (C=O) groups is 1. The first kappa shape index (κ1) is 12.9. The lowest BCUT2D eigenvalue weighted by Gasteiger charge is -2.02. The number of ether oxygens (including phenoxy) is 1. The number of thioether (sulfide) groups is 1. The average molecular weight is 280 g/mol. The van der Waals surface area contributed by atoms with Crippen molar-refractivity contribution in [1.82, 2.24) is 4.98 Å². The topological polar surface area (TPSA) is 51.2 Å². The van der Waals surface area contributed by atoms with E-state index in [1.807, 2.05) is 30.5 Å². The lowest BCUT2D eigenvalue weighted by Crippen LogP contribution is -1.96. The van der Waals surface area contributed by atoms with Gasteiger partial charge in [-0.15, -0.1) is 11.8 Å². The van der Waals surface area contributed by atoms with E-state index in [1.54, 1.807) is 11.8 Å². The smallest absolute Gasteiger partial charge is 0.349 e. The lowest BCUT2D eigenvalue weighted by atomic mass is 10.3. The zero-order valence-corrected chi connectivity index (χ0v) is 11.6. The van der Waals surface area contributed by atoms with Gasteiger partial charge in [0.1, 0.15) is 4.88 Å². The number of hydrogen-bond donors (Lipinski definition) is 1. The quantitative estimate of drug-likeness (QED) is 0.687. The molecule has 0 unspecified atom stereocenters. The highest BCUT2D eigenvalue weighted by atomic mass is 32.2. The number of methoxy groups -OCH3 is 1. The van der Waals surface area contributed by atoms with Crippen molar-refractivity contribution in [3.8, 4) is 0 Å². The molecule has 4 nitrogen and oxygen atoms in total. The molecule has 0 aliphatic carbocycles. The number of rotatable bonds is 4. The molecular formula is C12H12N2O2S2. The van der Waals surface area contributed by atoms with Gasteiger partial charge in [0.25, 0.3) is 0 Å². The van der Waals surface area contributed by atoms with Crippen molar-refractivity contribution in [3.05, 3.63) is 35.3 Å². The third kappa shape index (κ3) is 3.02. The fraction of sp³-hybridized carbons (Fsp3) is 0.167. The number of carbonyl (C=O) groups excluding carboxylic acids is 1. The molecule has 1 aromatic carbocycles. The van der Waals surface area contributed by atoms with E-state index in [-0.39, 0.29) is 5.97 Å². The van der Waals surface area contributed by atoms with Gasteiger partial charge in [0.15, 0.2) is 5.13 Å². The molecule has 2 rings (SSSR count). The lowest BCUT2D eigenvalue weighted by molar-refractivity contribution is 0.0606. The molecule has 0 fully saturated rings. The predicted octanol–water partition coefficient (Wildman–Crippen LogP) is 3.40. The summed E-state index contributed by atoms with van der Waals surface area (Å²) in [4.78, 5) is 17.1. The van der Waals surface area contributed by atoms with Gasteiger partial charge >= 0.3 is 5.97 Å². The maximum Gasteiger partial charge on any atom is 0.349 e. The Morgan fingerprint density at radius 1 is 1.39 bits per heavy atom. The monoisotopic (exact) mass is 280 g/mol. The molecule has 6 heteroatoms. The van der Waals surface area contributed by atoms with Crippen molar-refractivity contribution in [1.29, 1.82) is 0 Å².